The van der Waals surface area contributed by atoms with Crippen LogP contribution in [0.2, 0.25) is 5.02 Å². The highest BCUT2D eigenvalue weighted by Crippen LogP contribution is 2.26. The summed E-state index contributed by atoms with van der Waals surface area (Å²) >= 11 is 6.04. The highest BCUT2D eigenvalue weighted by Gasteiger charge is 2.33. The fourth-order valence-electron chi connectivity index (χ4n) is 4.19. The van der Waals surface area contributed by atoms with E-state index in [4.69, 9.17) is 31.5 Å². The van der Waals surface area contributed by atoms with Gasteiger partial charge in [-0.15, -0.1) is 0 Å². The number of esters is 1. The number of aromatic nitrogens is 1. The van der Waals surface area contributed by atoms with Gasteiger partial charge in [0.1, 0.15) is 18.0 Å². The van der Waals surface area contributed by atoms with Gasteiger partial charge in [0.15, 0.2) is 9.84 Å². The topological polar surface area (TPSA) is 150 Å². The van der Waals surface area contributed by atoms with Gasteiger partial charge in [0.25, 0.3) is 5.91 Å². The molecule has 3 N–H and O–H groups in total. The fraction of sp³-hybridized carbons (Fsp3) is 0.480. The molecule has 3 atom stereocenters. The van der Waals surface area contributed by atoms with Crippen LogP contribution in [-0.2, 0) is 30.7 Å². The Labute approximate surface area is 227 Å². The molecule has 1 fully saturated rings. The number of anilines is 1. The van der Waals surface area contributed by atoms with E-state index in [0.717, 1.165) is 6.26 Å². The molecule has 0 radical (unpaired) electrons. The average Bonchev–Trinajstić information content (AvgIpc) is 2.88. The van der Waals surface area contributed by atoms with Crippen molar-refractivity contribution >= 4 is 39.1 Å². The molecule has 1 saturated heterocycles. The number of nitrogens with zero attached hydrogens (tertiary/aromatic N) is 2. The minimum Gasteiger partial charge on any atom is -0.480 e. The lowest BCUT2D eigenvalue weighted by atomic mass is 9.99. The lowest BCUT2D eigenvalue weighted by Gasteiger charge is -2.38. The SMILES string of the molecule is COc1nc(N)c(Cl)cc1C(=O)N[C@H]1CCN(C[C@H](C)C(=O)OCc2ccc(S(C)(=O)=O)cc2)C[C@H]1OC. The number of carbonyl (C=O) groups is 2. The number of nitrogens with two attached hydrogens (primary N) is 1. The molecule has 2 heterocycles. The predicted octanol–water partition coefficient (Wildman–Crippen LogP) is 1.93. The van der Waals surface area contributed by atoms with Crippen LogP contribution >= 0.6 is 11.6 Å². The highest BCUT2D eigenvalue weighted by molar-refractivity contribution is 7.90. The normalized spacial score (nSPS) is 19.0. The molecule has 0 aliphatic carbocycles. The van der Waals surface area contributed by atoms with Crippen molar-refractivity contribution < 1.29 is 32.2 Å². The van der Waals surface area contributed by atoms with Crippen molar-refractivity contribution in [2.45, 2.75) is 37.0 Å². The standard InChI is InChI=1S/C25H33ClN4O7S/c1-15(25(32)37-14-16-5-7-17(8-6-16)38(4,33)34)12-30-10-9-20(21(13-30)35-2)28-23(31)18-11-19(26)22(27)29-24(18)36-3/h5-8,11,15,20-21H,9-10,12-14H2,1-4H3,(H2,27,29)(H,28,31)/t15-,20-,21+/m0/s1. The second kappa shape index (κ2) is 12.7. The number of hydrogen-bond donors (Lipinski definition) is 2. The molecule has 1 aromatic heterocycles. The quantitative estimate of drug-likeness (QED) is 0.407. The Balaban J connectivity index is 1.52. The van der Waals surface area contributed by atoms with E-state index in [0.29, 0.717) is 31.6 Å². The van der Waals surface area contributed by atoms with E-state index in [-0.39, 0.29) is 51.9 Å². The molecule has 1 aromatic carbocycles. The lowest BCUT2D eigenvalue weighted by molar-refractivity contribution is -0.150. The van der Waals surface area contributed by atoms with Crippen molar-refractivity contribution in [1.29, 1.82) is 0 Å². The summed E-state index contributed by atoms with van der Waals surface area (Å²) in [5.74, 6) is -1.02. The summed E-state index contributed by atoms with van der Waals surface area (Å²) < 4.78 is 39.4. The van der Waals surface area contributed by atoms with E-state index < -0.39 is 21.7 Å². The average molecular weight is 569 g/mol. The van der Waals surface area contributed by atoms with Gasteiger partial charge >= 0.3 is 5.97 Å². The molecule has 1 amide bonds. The van der Waals surface area contributed by atoms with E-state index in [2.05, 4.69) is 15.2 Å². The van der Waals surface area contributed by atoms with Crippen LogP contribution in [-0.4, -0.2) is 82.4 Å². The Morgan fingerprint density at radius 1 is 1.26 bits per heavy atom. The van der Waals surface area contributed by atoms with E-state index in [9.17, 15) is 18.0 Å². The van der Waals surface area contributed by atoms with Gasteiger partial charge < -0.3 is 25.3 Å². The number of pyridine rings is 1. The number of likely N-dealkylation sites (tertiary alicyclic amines) is 1. The van der Waals surface area contributed by atoms with Gasteiger partial charge in [-0.3, -0.25) is 14.5 Å². The van der Waals surface area contributed by atoms with Crippen LogP contribution in [0.3, 0.4) is 0 Å². The lowest BCUT2D eigenvalue weighted by Crippen LogP contribution is -2.55. The highest BCUT2D eigenvalue weighted by atomic mass is 35.5. The van der Waals surface area contributed by atoms with E-state index >= 15 is 0 Å². The van der Waals surface area contributed by atoms with E-state index in [1.54, 1.807) is 26.2 Å². The maximum absolute atomic E-state index is 12.9. The van der Waals surface area contributed by atoms with E-state index in [1.165, 1.54) is 25.3 Å². The largest absolute Gasteiger partial charge is 0.480 e. The Kier molecular flexibility index (Phi) is 9.94. The Morgan fingerprint density at radius 3 is 2.55 bits per heavy atom. The van der Waals surface area contributed by atoms with E-state index in [1.807, 2.05) is 0 Å². The zero-order valence-electron chi connectivity index (χ0n) is 21.8. The van der Waals surface area contributed by atoms with Gasteiger partial charge in [-0.1, -0.05) is 30.7 Å². The molecule has 0 unspecified atom stereocenters. The van der Waals surface area contributed by atoms with Crippen molar-refractivity contribution in [3.63, 3.8) is 0 Å². The molecule has 13 heteroatoms. The second-order valence-electron chi connectivity index (χ2n) is 9.24. The number of ether oxygens (including phenoxy) is 3. The Morgan fingerprint density at radius 2 is 1.95 bits per heavy atom. The van der Waals surface area contributed by atoms with Gasteiger partial charge in [-0.2, -0.15) is 4.98 Å². The van der Waals surface area contributed by atoms with Gasteiger partial charge in [0.2, 0.25) is 5.88 Å². The van der Waals surface area contributed by atoms with Crippen LogP contribution in [0.25, 0.3) is 0 Å². The van der Waals surface area contributed by atoms with Crippen molar-refractivity contribution in [2.24, 2.45) is 5.92 Å². The number of carbonyl (C=O) groups excluding carboxylic acids is 2. The van der Waals surface area contributed by atoms with Gasteiger partial charge in [-0.05, 0) is 30.2 Å². The first-order chi connectivity index (χ1) is 17.9. The third kappa shape index (κ3) is 7.56. The third-order valence-electron chi connectivity index (χ3n) is 6.34. The van der Waals surface area contributed by atoms with Crippen LogP contribution in [0.15, 0.2) is 35.2 Å². The van der Waals surface area contributed by atoms with Crippen molar-refractivity contribution in [2.75, 3.05) is 45.8 Å². The predicted molar refractivity (Wildman–Crippen MR) is 142 cm³/mol. The summed E-state index contributed by atoms with van der Waals surface area (Å²) in [6.45, 7) is 3.43. The number of rotatable bonds is 10. The smallest absolute Gasteiger partial charge is 0.310 e. The number of amides is 1. The molecule has 0 saturated carbocycles. The number of hydrogen-bond acceptors (Lipinski definition) is 10. The number of halogens is 1. The summed E-state index contributed by atoms with van der Waals surface area (Å²) in [4.78, 5) is 31.8. The summed E-state index contributed by atoms with van der Waals surface area (Å²) in [5.41, 5.74) is 6.57. The third-order valence-corrected chi connectivity index (χ3v) is 7.77. The minimum atomic E-state index is -3.28. The van der Waals surface area contributed by atoms with Crippen LogP contribution in [0.4, 0.5) is 5.82 Å². The zero-order valence-corrected chi connectivity index (χ0v) is 23.3. The molecular formula is C25H33ClN4O7S. The fourth-order valence-corrected chi connectivity index (χ4v) is 4.97. The maximum Gasteiger partial charge on any atom is 0.310 e. The number of nitrogen functional groups attached to an aromatic ring is 1. The van der Waals surface area contributed by atoms with Gasteiger partial charge in [0, 0.05) is 33.0 Å². The first-order valence-electron chi connectivity index (χ1n) is 11.9. The van der Waals surface area contributed by atoms with Gasteiger partial charge in [-0.25, -0.2) is 8.42 Å². The monoisotopic (exact) mass is 568 g/mol. The summed E-state index contributed by atoms with van der Waals surface area (Å²) in [6.07, 6.45) is 1.42. The first kappa shape index (κ1) is 29.6. The number of methoxy groups -OCH3 is 2. The maximum atomic E-state index is 12.9. The molecule has 208 valence electrons. The van der Waals surface area contributed by atoms with Crippen LogP contribution in [0.5, 0.6) is 5.88 Å². The summed E-state index contributed by atoms with van der Waals surface area (Å²) in [7, 11) is -0.320. The van der Waals surface area contributed by atoms with Crippen molar-refractivity contribution in [1.82, 2.24) is 15.2 Å². The molecule has 0 bridgehead atoms. The number of nitrogens with one attached hydrogen (secondary N) is 1. The van der Waals surface area contributed by atoms with Crippen molar-refractivity contribution in [3.05, 3.63) is 46.5 Å². The van der Waals surface area contributed by atoms with Crippen LogP contribution in [0, 0.1) is 5.92 Å². The second-order valence-corrected chi connectivity index (χ2v) is 11.7. The minimum absolute atomic E-state index is 0.0511. The zero-order chi connectivity index (χ0) is 28.0. The Hall–Kier alpha value is -2.93. The van der Waals surface area contributed by atoms with Crippen molar-refractivity contribution in [3.8, 4) is 5.88 Å². The number of sulfone groups is 1. The molecule has 3 rings (SSSR count). The first-order valence-corrected chi connectivity index (χ1v) is 14.2. The number of benzene rings is 1. The number of piperidine rings is 1. The van der Waals surface area contributed by atoms with Crippen LogP contribution in [0.1, 0.15) is 29.3 Å². The Bertz CT molecular complexity index is 1260. The molecular weight excluding hydrogens is 536 g/mol. The van der Waals surface area contributed by atoms with Gasteiger partial charge in [0.05, 0.1) is 35.1 Å². The molecule has 38 heavy (non-hydrogen) atoms. The summed E-state index contributed by atoms with van der Waals surface area (Å²) in [6, 6.07) is 7.37. The summed E-state index contributed by atoms with van der Waals surface area (Å²) in [5, 5.41) is 3.12. The molecule has 2 aromatic rings. The molecule has 0 spiro atoms. The molecule has 11 nitrogen and oxygen atoms in total. The molecule has 1 aliphatic rings. The molecule has 1 aliphatic heterocycles. The van der Waals surface area contributed by atoms with Crippen LogP contribution < -0.4 is 15.8 Å².